The average Bonchev–Trinajstić information content (AvgIpc) is 2.67. The van der Waals surface area contributed by atoms with Gasteiger partial charge in [0.15, 0.2) is 5.01 Å². The Balaban J connectivity index is 2.29. The van der Waals surface area contributed by atoms with E-state index in [1.165, 1.54) is 0 Å². The van der Waals surface area contributed by atoms with Crippen LogP contribution in [0.4, 0.5) is 0 Å². The summed E-state index contributed by atoms with van der Waals surface area (Å²) in [4.78, 5) is 4.40. The molecule has 0 aliphatic heterocycles. The normalized spacial score (nSPS) is 10.5. The van der Waals surface area contributed by atoms with E-state index >= 15 is 0 Å². The van der Waals surface area contributed by atoms with Gasteiger partial charge in [-0.2, -0.15) is 0 Å². The van der Waals surface area contributed by atoms with Gasteiger partial charge in [-0.1, -0.05) is 17.4 Å². The molecule has 0 spiro atoms. The molecule has 0 unspecified atom stereocenters. The maximum Gasteiger partial charge on any atom is 0.166 e. The van der Waals surface area contributed by atoms with E-state index in [1.54, 1.807) is 11.3 Å². The van der Waals surface area contributed by atoms with Crippen LogP contribution in [0.3, 0.4) is 0 Å². The summed E-state index contributed by atoms with van der Waals surface area (Å²) in [5.74, 6) is 0. The van der Waals surface area contributed by atoms with Crippen LogP contribution in [-0.4, -0.2) is 22.2 Å². The van der Waals surface area contributed by atoms with Gasteiger partial charge < -0.3 is 5.32 Å². The van der Waals surface area contributed by atoms with Gasteiger partial charge in [0.05, 0.1) is 0 Å². The average molecular weight is 220 g/mol. The lowest BCUT2D eigenvalue weighted by Crippen LogP contribution is -2.04. The van der Waals surface area contributed by atoms with Crippen molar-refractivity contribution in [3.63, 3.8) is 0 Å². The Kier molecular flexibility index (Phi) is 3.03. The van der Waals surface area contributed by atoms with E-state index in [9.17, 15) is 0 Å². The van der Waals surface area contributed by atoms with Crippen molar-refractivity contribution in [3.05, 3.63) is 28.9 Å². The van der Waals surface area contributed by atoms with E-state index < -0.39 is 0 Å². The summed E-state index contributed by atoms with van der Waals surface area (Å²) in [6.45, 7) is 2.72. The molecule has 15 heavy (non-hydrogen) atoms. The molecule has 0 aliphatic carbocycles. The number of hydrogen-bond acceptors (Lipinski definition) is 5. The van der Waals surface area contributed by atoms with Gasteiger partial charge in [0.25, 0.3) is 0 Å². The number of aryl methyl sites for hydroxylation is 1. The molecule has 0 bridgehead atoms. The highest BCUT2D eigenvalue weighted by molar-refractivity contribution is 7.14. The van der Waals surface area contributed by atoms with E-state index in [1.807, 2.05) is 32.2 Å². The molecule has 0 atom stereocenters. The van der Waals surface area contributed by atoms with Gasteiger partial charge in [0, 0.05) is 12.2 Å². The van der Waals surface area contributed by atoms with E-state index in [2.05, 4.69) is 20.5 Å². The molecule has 0 aromatic carbocycles. The molecule has 0 amide bonds. The SMILES string of the molecule is CNCc1nnc(-c2cccc(C)n2)s1. The Labute approximate surface area is 92.4 Å². The number of pyridine rings is 1. The minimum atomic E-state index is 0.753. The molecule has 78 valence electrons. The molecular formula is C10H12N4S. The summed E-state index contributed by atoms with van der Waals surface area (Å²) >= 11 is 1.57. The van der Waals surface area contributed by atoms with Crippen molar-refractivity contribution in [2.75, 3.05) is 7.05 Å². The van der Waals surface area contributed by atoms with Crippen molar-refractivity contribution < 1.29 is 0 Å². The number of rotatable bonds is 3. The highest BCUT2D eigenvalue weighted by Gasteiger charge is 2.06. The Bertz CT molecular complexity index is 452. The second-order valence-electron chi connectivity index (χ2n) is 3.20. The first-order chi connectivity index (χ1) is 7.29. The van der Waals surface area contributed by atoms with Gasteiger partial charge in [-0.05, 0) is 26.1 Å². The minimum absolute atomic E-state index is 0.753. The van der Waals surface area contributed by atoms with Crippen LogP contribution < -0.4 is 5.32 Å². The van der Waals surface area contributed by atoms with Crippen molar-refractivity contribution >= 4 is 11.3 Å². The summed E-state index contributed by atoms with van der Waals surface area (Å²) in [6.07, 6.45) is 0. The van der Waals surface area contributed by atoms with Crippen molar-refractivity contribution in [2.45, 2.75) is 13.5 Å². The van der Waals surface area contributed by atoms with Gasteiger partial charge >= 0.3 is 0 Å². The standard InChI is InChI=1S/C10H12N4S/c1-7-4-3-5-8(12-7)10-14-13-9(15-10)6-11-2/h3-5,11H,6H2,1-2H3. The van der Waals surface area contributed by atoms with Crippen LogP contribution in [0, 0.1) is 6.92 Å². The van der Waals surface area contributed by atoms with E-state index in [0.29, 0.717) is 0 Å². The third-order valence-corrected chi connectivity index (χ3v) is 2.85. The monoisotopic (exact) mass is 220 g/mol. The summed E-state index contributed by atoms with van der Waals surface area (Å²) in [7, 11) is 1.89. The van der Waals surface area contributed by atoms with Crippen LogP contribution in [-0.2, 0) is 6.54 Å². The number of nitrogens with zero attached hydrogens (tertiary/aromatic N) is 3. The van der Waals surface area contributed by atoms with Gasteiger partial charge in [0.2, 0.25) is 0 Å². The van der Waals surface area contributed by atoms with Gasteiger partial charge in [0.1, 0.15) is 10.7 Å². The smallest absolute Gasteiger partial charge is 0.166 e. The van der Waals surface area contributed by atoms with Crippen molar-refractivity contribution in [1.82, 2.24) is 20.5 Å². The fourth-order valence-electron chi connectivity index (χ4n) is 1.24. The van der Waals surface area contributed by atoms with Crippen LogP contribution in [0.25, 0.3) is 10.7 Å². The zero-order valence-electron chi connectivity index (χ0n) is 8.69. The first kappa shape index (κ1) is 10.2. The molecule has 0 fully saturated rings. The van der Waals surface area contributed by atoms with Crippen LogP contribution in [0.2, 0.25) is 0 Å². The van der Waals surface area contributed by atoms with Gasteiger partial charge in [-0.15, -0.1) is 10.2 Å². The largest absolute Gasteiger partial charge is 0.313 e. The van der Waals surface area contributed by atoms with Gasteiger partial charge in [-0.25, -0.2) is 0 Å². The molecule has 0 radical (unpaired) electrons. The molecule has 2 aromatic heterocycles. The molecule has 0 aliphatic rings. The zero-order valence-corrected chi connectivity index (χ0v) is 9.51. The fraction of sp³-hybridized carbons (Fsp3) is 0.300. The van der Waals surface area contributed by atoms with Crippen LogP contribution >= 0.6 is 11.3 Å². The third-order valence-electron chi connectivity index (χ3n) is 1.90. The summed E-state index contributed by atoms with van der Waals surface area (Å²) in [6, 6.07) is 5.91. The van der Waals surface area contributed by atoms with Crippen molar-refractivity contribution in [2.24, 2.45) is 0 Å². The topological polar surface area (TPSA) is 50.7 Å². The van der Waals surface area contributed by atoms with E-state index in [-0.39, 0.29) is 0 Å². The summed E-state index contributed by atoms with van der Waals surface area (Å²) < 4.78 is 0. The minimum Gasteiger partial charge on any atom is -0.313 e. The highest BCUT2D eigenvalue weighted by atomic mass is 32.1. The lowest BCUT2D eigenvalue weighted by molar-refractivity contribution is 0.794. The second kappa shape index (κ2) is 4.46. The predicted octanol–water partition coefficient (Wildman–Crippen LogP) is 1.63. The molecule has 2 aromatic rings. The van der Waals surface area contributed by atoms with Crippen molar-refractivity contribution in [1.29, 1.82) is 0 Å². The Morgan fingerprint density at radius 3 is 2.93 bits per heavy atom. The first-order valence-electron chi connectivity index (χ1n) is 4.70. The number of nitrogens with one attached hydrogen (secondary N) is 1. The van der Waals surface area contributed by atoms with Crippen LogP contribution in [0.1, 0.15) is 10.7 Å². The molecule has 2 heterocycles. The Morgan fingerprint density at radius 1 is 1.33 bits per heavy atom. The van der Waals surface area contributed by atoms with Gasteiger partial charge in [-0.3, -0.25) is 4.98 Å². The quantitative estimate of drug-likeness (QED) is 0.854. The first-order valence-corrected chi connectivity index (χ1v) is 5.52. The molecule has 4 nitrogen and oxygen atoms in total. The molecule has 1 N–H and O–H groups in total. The molecule has 0 saturated heterocycles. The Hall–Kier alpha value is -1.33. The highest BCUT2D eigenvalue weighted by Crippen LogP contribution is 2.21. The maximum absolute atomic E-state index is 4.40. The lowest BCUT2D eigenvalue weighted by atomic mass is 10.3. The van der Waals surface area contributed by atoms with Crippen LogP contribution in [0.15, 0.2) is 18.2 Å². The number of aromatic nitrogens is 3. The van der Waals surface area contributed by atoms with Crippen LogP contribution in [0.5, 0.6) is 0 Å². The summed E-state index contributed by atoms with van der Waals surface area (Å²) in [5, 5.41) is 13.1. The predicted molar refractivity (Wildman–Crippen MR) is 60.6 cm³/mol. The fourth-order valence-corrected chi connectivity index (χ4v) is 2.06. The van der Waals surface area contributed by atoms with Crippen molar-refractivity contribution in [3.8, 4) is 10.7 Å². The molecular weight excluding hydrogens is 208 g/mol. The lowest BCUT2D eigenvalue weighted by Gasteiger charge is -1.95. The molecule has 0 saturated carbocycles. The second-order valence-corrected chi connectivity index (χ2v) is 4.26. The van der Waals surface area contributed by atoms with E-state index in [4.69, 9.17) is 0 Å². The maximum atomic E-state index is 4.40. The Morgan fingerprint density at radius 2 is 2.20 bits per heavy atom. The van der Waals surface area contributed by atoms with E-state index in [0.717, 1.165) is 27.9 Å². The zero-order chi connectivity index (χ0) is 10.7. The number of hydrogen-bond donors (Lipinski definition) is 1. The molecule has 5 heteroatoms. The summed E-state index contributed by atoms with van der Waals surface area (Å²) in [5.41, 5.74) is 1.90. The molecule has 2 rings (SSSR count). The third kappa shape index (κ3) is 2.37.